The Morgan fingerprint density at radius 1 is 0.696 bits per heavy atom. The first-order chi connectivity index (χ1) is 22.2. The number of nitrogens with two attached hydrogens (primary N) is 4. The number of nitrogens with one attached hydrogen (secondary N) is 1. The van der Waals surface area contributed by atoms with Crippen LogP contribution >= 0.6 is 35.3 Å². The summed E-state index contributed by atoms with van der Waals surface area (Å²) in [6, 6.07) is 31.6. The van der Waals surface area contributed by atoms with Crippen molar-refractivity contribution in [1.29, 1.82) is 0 Å². The molecule has 3 aromatic carbocycles. The van der Waals surface area contributed by atoms with E-state index in [2.05, 4.69) is 69.0 Å². The molecule has 0 amide bonds. The summed E-state index contributed by atoms with van der Waals surface area (Å²) in [5, 5.41) is 13.6. The van der Waals surface area contributed by atoms with Gasteiger partial charge in [-0.3, -0.25) is 25.1 Å². The lowest BCUT2D eigenvalue weighted by Crippen LogP contribution is -2.01. The first-order valence-corrected chi connectivity index (χ1v) is 17.2. The summed E-state index contributed by atoms with van der Waals surface area (Å²) in [5.74, 6) is 2.95. The van der Waals surface area contributed by atoms with Crippen molar-refractivity contribution < 1.29 is 4.92 Å². The molecule has 0 radical (unpaired) electrons. The fourth-order valence-electron chi connectivity index (χ4n) is 3.72. The molecule has 3 aromatic rings. The average Bonchev–Trinajstić information content (AvgIpc) is 3.85. The van der Waals surface area contributed by atoms with Gasteiger partial charge in [-0.05, 0) is 29.9 Å². The molecule has 46 heavy (non-hydrogen) atoms. The molecular formula is C32H45N9O2S3. The summed E-state index contributed by atoms with van der Waals surface area (Å²) >= 11 is 4.88. The molecule has 3 aliphatic heterocycles. The number of thioether (sulfide) groups is 3. The molecule has 3 unspecified atom stereocenters. The van der Waals surface area contributed by atoms with E-state index < -0.39 is 4.92 Å². The van der Waals surface area contributed by atoms with Gasteiger partial charge in [0.15, 0.2) is 22.6 Å². The molecule has 248 valence electrons. The van der Waals surface area contributed by atoms with Gasteiger partial charge < -0.3 is 28.3 Å². The molecule has 0 aliphatic carbocycles. The number of hydrogen-bond acceptors (Lipinski definition) is 13. The van der Waals surface area contributed by atoms with Crippen LogP contribution in [0.5, 0.6) is 0 Å². The molecule has 3 heterocycles. The third-order valence-electron chi connectivity index (χ3n) is 5.77. The fraction of sp³-hybridized carbons (Fsp3) is 0.281. The smallest absolute Gasteiger partial charge is 0.194 e. The van der Waals surface area contributed by atoms with Gasteiger partial charge in [0.05, 0.1) is 18.1 Å². The van der Waals surface area contributed by atoms with Crippen molar-refractivity contribution in [2.75, 3.05) is 38.4 Å². The second kappa shape index (κ2) is 24.3. The lowest BCUT2D eigenvalue weighted by atomic mass is 10.1. The SMILES string of the molecule is C=CNC.CN.C[N+](=O)[O-].NC1=NC(c2ccccc2)CS1.NC1=NC(c2ccccc2)CS1.NC1=NC(c2ccccc2)CS1. The highest BCUT2D eigenvalue weighted by Gasteiger charge is 2.18. The van der Waals surface area contributed by atoms with Crippen LogP contribution in [0.3, 0.4) is 0 Å². The summed E-state index contributed by atoms with van der Waals surface area (Å²) in [7, 11) is 4.20. The maximum absolute atomic E-state index is 8.81. The molecule has 6 rings (SSSR count). The van der Waals surface area contributed by atoms with E-state index in [4.69, 9.17) is 27.3 Å². The van der Waals surface area contributed by atoms with E-state index >= 15 is 0 Å². The number of nitro groups is 1. The summed E-state index contributed by atoms with van der Waals surface area (Å²) in [6.07, 6.45) is 1.62. The van der Waals surface area contributed by atoms with Gasteiger partial charge in [-0.15, -0.1) is 0 Å². The number of benzene rings is 3. The van der Waals surface area contributed by atoms with E-state index in [1.807, 2.05) is 61.6 Å². The maximum Gasteiger partial charge on any atom is 0.194 e. The van der Waals surface area contributed by atoms with Crippen molar-refractivity contribution in [1.82, 2.24) is 5.32 Å². The van der Waals surface area contributed by atoms with Gasteiger partial charge in [-0.2, -0.15) is 0 Å². The van der Waals surface area contributed by atoms with Crippen LogP contribution in [0.15, 0.2) is 119 Å². The molecular weight excluding hydrogens is 639 g/mol. The van der Waals surface area contributed by atoms with Crippen molar-refractivity contribution in [2.24, 2.45) is 37.9 Å². The van der Waals surface area contributed by atoms with Gasteiger partial charge >= 0.3 is 0 Å². The van der Waals surface area contributed by atoms with E-state index in [0.29, 0.717) is 15.5 Å². The number of nitrogens with zero attached hydrogens (tertiary/aromatic N) is 4. The fourth-order valence-corrected chi connectivity index (χ4v) is 6.11. The van der Waals surface area contributed by atoms with Crippen LogP contribution in [-0.4, -0.2) is 58.8 Å². The van der Waals surface area contributed by atoms with E-state index in [0.717, 1.165) is 24.3 Å². The number of rotatable bonds is 4. The molecule has 11 nitrogen and oxygen atoms in total. The van der Waals surface area contributed by atoms with Gasteiger partial charge in [-0.25, -0.2) is 0 Å². The lowest BCUT2D eigenvalue weighted by molar-refractivity contribution is -0.445. The predicted octanol–water partition coefficient (Wildman–Crippen LogP) is 5.18. The molecule has 3 atom stereocenters. The molecule has 3 aliphatic rings. The molecule has 0 fully saturated rings. The van der Waals surface area contributed by atoms with Crippen LogP contribution in [0.1, 0.15) is 34.8 Å². The van der Waals surface area contributed by atoms with Gasteiger partial charge in [0.1, 0.15) is 0 Å². The second-order valence-electron chi connectivity index (χ2n) is 9.05. The molecule has 14 heteroatoms. The number of aliphatic imine (C=N–C) groups is 3. The van der Waals surface area contributed by atoms with Crippen molar-refractivity contribution in [3.05, 3.63) is 131 Å². The zero-order valence-electron chi connectivity index (χ0n) is 26.4. The van der Waals surface area contributed by atoms with E-state index in [9.17, 15) is 0 Å². The quantitative estimate of drug-likeness (QED) is 0.180. The standard InChI is InChI=1S/3C9H10N2S.C3H7N.CH3NO2.CH5N/c3*10-9-11-8(6-12-9)7-4-2-1-3-5-7;1-3-4-2;1-2(3)4;1-2/h3*1-5,8H,6H2,(H2,10,11);3-4H,1H2,2H3;1H3;2H2,1H3. The average molecular weight is 684 g/mol. The zero-order chi connectivity index (χ0) is 34.2. The summed E-state index contributed by atoms with van der Waals surface area (Å²) in [6.45, 7) is 3.37. The molecule has 9 N–H and O–H groups in total. The Kier molecular flexibility index (Phi) is 21.1. The van der Waals surface area contributed by atoms with E-state index in [-0.39, 0.29) is 18.1 Å². The first kappa shape index (κ1) is 40.0. The van der Waals surface area contributed by atoms with Crippen molar-refractivity contribution >= 4 is 50.8 Å². The van der Waals surface area contributed by atoms with Gasteiger partial charge in [0, 0.05) is 29.2 Å². The predicted molar refractivity (Wildman–Crippen MR) is 202 cm³/mol. The van der Waals surface area contributed by atoms with Crippen LogP contribution in [0, 0.1) is 10.1 Å². The monoisotopic (exact) mass is 683 g/mol. The van der Waals surface area contributed by atoms with E-state index in [1.54, 1.807) is 41.5 Å². The summed E-state index contributed by atoms with van der Waals surface area (Å²) < 4.78 is 0. The highest BCUT2D eigenvalue weighted by molar-refractivity contribution is 8.14. The molecule has 0 aromatic heterocycles. The van der Waals surface area contributed by atoms with Crippen LogP contribution in [0.4, 0.5) is 0 Å². The lowest BCUT2D eigenvalue weighted by Gasteiger charge is -2.03. The Hall–Kier alpha value is -3.98. The Bertz CT molecular complexity index is 1210. The van der Waals surface area contributed by atoms with Crippen LogP contribution < -0.4 is 28.3 Å². The third kappa shape index (κ3) is 16.9. The molecule has 0 bridgehead atoms. The second-order valence-corrected chi connectivity index (χ2v) is 12.2. The third-order valence-corrected chi connectivity index (χ3v) is 8.42. The zero-order valence-corrected chi connectivity index (χ0v) is 28.9. The minimum atomic E-state index is -0.500. The van der Waals surface area contributed by atoms with Crippen LogP contribution in [-0.2, 0) is 0 Å². The summed E-state index contributed by atoms with van der Waals surface area (Å²) in [5.41, 5.74) is 25.0. The largest absolute Gasteiger partial charge is 0.394 e. The highest BCUT2D eigenvalue weighted by atomic mass is 32.2. The Morgan fingerprint density at radius 2 is 0.913 bits per heavy atom. The Balaban J connectivity index is 0.000000302. The maximum atomic E-state index is 8.81. The van der Waals surface area contributed by atoms with Crippen molar-refractivity contribution in [3.63, 3.8) is 0 Å². The van der Waals surface area contributed by atoms with E-state index in [1.165, 1.54) is 23.7 Å². The summed E-state index contributed by atoms with van der Waals surface area (Å²) in [4.78, 5) is 21.3. The van der Waals surface area contributed by atoms with Crippen molar-refractivity contribution in [3.8, 4) is 0 Å². The van der Waals surface area contributed by atoms with Crippen LogP contribution in [0.25, 0.3) is 0 Å². The topological polar surface area (TPSA) is 196 Å². The Morgan fingerprint density at radius 3 is 1.07 bits per heavy atom. The molecule has 0 spiro atoms. The molecule has 0 saturated heterocycles. The minimum Gasteiger partial charge on any atom is -0.394 e. The first-order valence-electron chi connectivity index (χ1n) is 14.2. The molecule has 0 saturated carbocycles. The van der Waals surface area contributed by atoms with Gasteiger partial charge in [-0.1, -0.05) is 133 Å². The van der Waals surface area contributed by atoms with Gasteiger partial charge in [0.2, 0.25) is 0 Å². The van der Waals surface area contributed by atoms with Crippen molar-refractivity contribution in [2.45, 2.75) is 18.1 Å². The minimum absolute atomic E-state index is 0.274. The highest BCUT2D eigenvalue weighted by Crippen LogP contribution is 2.29. The Labute approximate surface area is 285 Å². The van der Waals surface area contributed by atoms with Gasteiger partial charge in [0.25, 0.3) is 0 Å². The van der Waals surface area contributed by atoms with Crippen LogP contribution in [0.2, 0.25) is 0 Å². The number of amidine groups is 3. The number of hydrogen-bond donors (Lipinski definition) is 5. The normalized spacial score (nSPS) is 18.6.